The SMILES string of the molecule is CCC(C)NCC1(N)CCCCC1. The summed E-state index contributed by atoms with van der Waals surface area (Å²) in [6.45, 7) is 5.44. The van der Waals surface area contributed by atoms with Crippen LogP contribution in [0.1, 0.15) is 52.4 Å². The van der Waals surface area contributed by atoms with Crippen molar-refractivity contribution >= 4 is 0 Å². The molecule has 1 unspecified atom stereocenters. The van der Waals surface area contributed by atoms with Crippen LogP contribution in [0.15, 0.2) is 0 Å². The molecule has 1 atom stereocenters. The zero-order valence-electron chi connectivity index (χ0n) is 9.10. The summed E-state index contributed by atoms with van der Waals surface area (Å²) < 4.78 is 0. The molecule has 2 nitrogen and oxygen atoms in total. The Hall–Kier alpha value is -0.0800. The van der Waals surface area contributed by atoms with Crippen molar-refractivity contribution in [3.63, 3.8) is 0 Å². The molecule has 0 heterocycles. The van der Waals surface area contributed by atoms with Gasteiger partial charge in [0.1, 0.15) is 0 Å². The summed E-state index contributed by atoms with van der Waals surface area (Å²) >= 11 is 0. The second-order valence-electron chi connectivity index (χ2n) is 4.61. The predicted octanol–water partition coefficient (Wildman–Crippen LogP) is 2.04. The van der Waals surface area contributed by atoms with Crippen LogP contribution in [-0.2, 0) is 0 Å². The van der Waals surface area contributed by atoms with Gasteiger partial charge in [-0.15, -0.1) is 0 Å². The Balaban J connectivity index is 2.24. The number of nitrogens with one attached hydrogen (secondary N) is 1. The van der Waals surface area contributed by atoms with Gasteiger partial charge in [0.15, 0.2) is 0 Å². The molecule has 1 saturated carbocycles. The van der Waals surface area contributed by atoms with Crippen molar-refractivity contribution in [1.29, 1.82) is 0 Å². The summed E-state index contributed by atoms with van der Waals surface area (Å²) in [7, 11) is 0. The van der Waals surface area contributed by atoms with E-state index in [9.17, 15) is 0 Å². The molecule has 0 amide bonds. The first-order chi connectivity index (χ1) is 6.16. The molecule has 0 aliphatic heterocycles. The van der Waals surface area contributed by atoms with Gasteiger partial charge in [0.25, 0.3) is 0 Å². The van der Waals surface area contributed by atoms with Crippen LogP contribution in [0.4, 0.5) is 0 Å². The number of hydrogen-bond acceptors (Lipinski definition) is 2. The van der Waals surface area contributed by atoms with Crippen LogP contribution in [0.3, 0.4) is 0 Å². The zero-order valence-corrected chi connectivity index (χ0v) is 9.10. The van der Waals surface area contributed by atoms with Crippen molar-refractivity contribution in [2.45, 2.75) is 64.0 Å². The average molecular weight is 184 g/mol. The summed E-state index contributed by atoms with van der Waals surface area (Å²) in [5.74, 6) is 0. The standard InChI is InChI=1S/C11H24N2/c1-3-10(2)13-9-11(12)7-5-4-6-8-11/h10,13H,3-9,12H2,1-2H3. The van der Waals surface area contributed by atoms with E-state index in [-0.39, 0.29) is 5.54 Å². The van der Waals surface area contributed by atoms with Gasteiger partial charge in [-0.3, -0.25) is 0 Å². The lowest BCUT2D eigenvalue weighted by molar-refractivity contribution is 0.274. The minimum atomic E-state index is 0.0989. The highest BCUT2D eigenvalue weighted by atomic mass is 15.0. The third-order valence-corrected chi connectivity index (χ3v) is 3.26. The molecule has 1 fully saturated rings. The van der Waals surface area contributed by atoms with Gasteiger partial charge in [-0.1, -0.05) is 26.2 Å². The minimum absolute atomic E-state index is 0.0989. The fourth-order valence-electron chi connectivity index (χ4n) is 1.95. The fraction of sp³-hybridized carbons (Fsp3) is 1.00. The molecule has 0 aromatic rings. The summed E-state index contributed by atoms with van der Waals surface area (Å²) in [6, 6.07) is 0.613. The quantitative estimate of drug-likeness (QED) is 0.701. The highest BCUT2D eigenvalue weighted by Crippen LogP contribution is 2.25. The van der Waals surface area contributed by atoms with Crippen LogP contribution >= 0.6 is 0 Å². The first-order valence-electron chi connectivity index (χ1n) is 5.68. The fourth-order valence-corrected chi connectivity index (χ4v) is 1.95. The maximum atomic E-state index is 6.30. The topological polar surface area (TPSA) is 38.0 Å². The van der Waals surface area contributed by atoms with Crippen molar-refractivity contribution in [2.24, 2.45) is 5.73 Å². The van der Waals surface area contributed by atoms with Crippen molar-refractivity contribution in [1.82, 2.24) is 5.32 Å². The maximum Gasteiger partial charge on any atom is 0.0280 e. The Kier molecular flexibility index (Phi) is 4.20. The highest BCUT2D eigenvalue weighted by Gasteiger charge is 2.26. The number of rotatable bonds is 4. The second kappa shape index (κ2) is 4.97. The third kappa shape index (κ3) is 3.65. The van der Waals surface area contributed by atoms with Crippen molar-refractivity contribution in [2.75, 3.05) is 6.54 Å². The number of nitrogens with two attached hydrogens (primary N) is 1. The maximum absolute atomic E-state index is 6.30. The predicted molar refractivity (Wildman–Crippen MR) is 57.8 cm³/mol. The van der Waals surface area contributed by atoms with E-state index >= 15 is 0 Å². The molecule has 0 spiro atoms. The second-order valence-corrected chi connectivity index (χ2v) is 4.61. The monoisotopic (exact) mass is 184 g/mol. The molecule has 0 saturated heterocycles. The van der Waals surface area contributed by atoms with Crippen LogP contribution in [0.2, 0.25) is 0 Å². The largest absolute Gasteiger partial charge is 0.324 e. The van der Waals surface area contributed by atoms with Gasteiger partial charge in [-0.05, 0) is 26.2 Å². The van der Waals surface area contributed by atoms with Crippen LogP contribution in [0, 0.1) is 0 Å². The summed E-state index contributed by atoms with van der Waals surface area (Å²) in [5.41, 5.74) is 6.40. The Morgan fingerprint density at radius 1 is 1.31 bits per heavy atom. The minimum Gasteiger partial charge on any atom is -0.324 e. The highest BCUT2D eigenvalue weighted by molar-refractivity contribution is 4.89. The smallest absolute Gasteiger partial charge is 0.0280 e. The summed E-state index contributed by atoms with van der Waals surface area (Å²) in [4.78, 5) is 0. The molecular formula is C11H24N2. The average Bonchev–Trinajstić information content (AvgIpc) is 2.15. The van der Waals surface area contributed by atoms with E-state index in [0.29, 0.717) is 6.04 Å². The van der Waals surface area contributed by atoms with Crippen molar-refractivity contribution < 1.29 is 0 Å². The van der Waals surface area contributed by atoms with Crippen molar-refractivity contribution in [3.8, 4) is 0 Å². The van der Waals surface area contributed by atoms with Crippen LogP contribution < -0.4 is 11.1 Å². The first kappa shape index (κ1) is 11.0. The molecule has 1 rings (SSSR count). The lowest BCUT2D eigenvalue weighted by atomic mass is 9.82. The lowest BCUT2D eigenvalue weighted by Gasteiger charge is -2.34. The molecule has 0 bridgehead atoms. The van der Waals surface area contributed by atoms with Gasteiger partial charge in [-0.2, -0.15) is 0 Å². The van der Waals surface area contributed by atoms with Crippen LogP contribution in [0.25, 0.3) is 0 Å². The van der Waals surface area contributed by atoms with Gasteiger partial charge in [0, 0.05) is 18.1 Å². The molecule has 2 heteroatoms. The van der Waals surface area contributed by atoms with Crippen LogP contribution in [0.5, 0.6) is 0 Å². The van der Waals surface area contributed by atoms with E-state index in [0.717, 1.165) is 6.54 Å². The van der Waals surface area contributed by atoms with Crippen molar-refractivity contribution in [3.05, 3.63) is 0 Å². The Morgan fingerprint density at radius 2 is 1.92 bits per heavy atom. The van der Waals surface area contributed by atoms with E-state index in [1.165, 1.54) is 38.5 Å². The van der Waals surface area contributed by atoms with E-state index in [2.05, 4.69) is 19.2 Å². The molecule has 1 aliphatic rings. The number of hydrogen-bond donors (Lipinski definition) is 2. The Labute approximate surface area is 82.3 Å². The van der Waals surface area contributed by atoms with Gasteiger partial charge in [-0.25, -0.2) is 0 Å². The molecule has 0 radical (unpaired) electrons. The lowest BCUT2D eigenvalue weighted by Crippen LogP contribution is -2.51. The van der Waals surface area contributed by atoms with Crippen LogP contribution in [-0.4, -0.2) is 18.1 Å². The normalized spacial score (nSPS) is 24.2. The molecule has 0 aromatic carbocycles. The molecule has 13 heavy (non-hydrogen) atoms. The molecule has 3 N–H and O–H groups in total. The molecule has 1 aliphatic carbocycles. The first-order valence-corrected chi connectivity index (χ1v) is 5.68. The van der Waals surface area contributed by atoms with E-state index in [1.54, 1.807) is 0 Å². The van der Waals surface area contributed by atoms with Gasteiger partial charge in [0.05, 0.1) is 0 Å². The zero-order chi connectivity index (χ0) is 9.73. The molecule has 78 valence electrons. The Bertz CT molecular complexity index is 139. The van der Waals surface area contributed by atoms with Gasteiger partial charge < -0.3 is 11.1 Å². The summed E-state index contributed by atoms with van der Waals surface area (Å²) in [6.07, 6.45) is 7.61. The van der Waals surface area contributed by atoms with E-state index < -0.39 is 0 Å². The Morgan fingerprint density at radius 3 is 2.46 bits per heavy atom. The molecule has 0 aromatic heterocycles. The van der Waals surface area contributed by atoms with Gasteiger partial charge in [0.2, 0.25) is 0 Å². The third-order valence-electron chi connectivity index (χ3n) is 3.26. The molecular weight excluding hydrogens is 160 g/mol. The summed E-state index contributed by atoms with van der Waals surface area (Å²) in [5, 5.41) is 3.52. The van der Waals surface area contributed by atoms with Gasteiger partial charge >= 0.3 is 0 Å². The van der Waals surface area contributed by atoms with E-state index in [4.69, 9.17) is 5.73 Å². The van der Waals surface area contributed by atoms with E-state index in [1.807, 2.05) is 0 Å².